The van der Waals surface area contributed by atoms with E-state index in [1.54, 1.807) is 28.7 Å². The Balaban J connectivity index is 1.92. The van der Waals surface area contributed by atoms with Crippen LogP contribution < -0.4 is 5.32 Å². The summed E-state index contributed by atoms with van der Waals surface area (Å²) in [7, 11) is 1.98. The highest BCUT2D eigenvalue weighted by molar-refractivity contribution is 7.19. The normalized spacial score (nSPS) is 12.9. The van der Waals surface area contributed by atoms with Crippen molar-refractivity contribution in [3.05, 3.63) is 57.3 Å². The van der Waals surface area contributed by atoms with Crippen LogP contribution in [0.25, 0.3) is 10.1 Å². The van der Waals surface area contributed by atoms with Crippen molar-refractivity contribution in [3.8, 4) is 0 Å². The molecular formula is C15H14FNS2. The first-order chi connectivity index (χ1) is 9.26. The molecular weight excluding hydrogens is 277 g/mol. The monoisotopic (exact) mass is 291 g/mol. The van der Waals surface area contributed by atoms with Gasteiger partial charge in [-0.15, -0.1) is 22.7 Å². The predicted molar refractivity (Wildman–Crippen MR) is 81.6 cm³/mol. The lowest BCUT2D eigenvalue weighted by molar-refractivity contribution is 0.607. The maximum Gasteiger partial charge on any atom is 0.123 e. The first-order valence-electron chi connectivity index (χ1n) is 6.15. The first-order valence-corrected chi connectivity index (χ1v) is 7.84. The molecule has 98 valence electrons. The zero-order chi connectivity index (χ0) is 13.2. The van der Waals surface area contributed by atoms with E-state index in [-0.39, 0.29) is 5.82 Å². The standard InChI is InChI=1S/C15H14FNS2/c1-17-13(9-12-3-2-6-18-12)15-8-10-7-11(16)4-5-14(10)19-15/h2-8,13,17H,9H2,1H3. The van der Waals surface area contributed by atoms with Crippen LogP contribution in [0.4, 0.5) is 4.39 Å². The third-order valence-corrected chi connectivity index (χ3v) is 5.30. The second-order valence-corrected chi connectivity index (χ2v) is 6.60. The zero-order valence-corrected chi connectivity index (χ0v) is 12.2. The van der Waals surface area contributed by atoms with Crippen LogP contribution in [0.1, 0.15) is 15.8 Å². The fourth-order valence-electron chi connectivity index (χ4n) is 2.18. The average Bonchev–Trinajstić information content (AvgIpc) is 3.03. The van der Waals surface area contributed by atoms with Crippen molar-refractivity contribution in [3.63, 3.8) is 0 Å². The molecule has 1 aromatic carbocycles. The van der Waals surface area contributed by atoms with Gasteiger partial charge in [0.25, 0.3) is 0 Å². The topological polar surface area (TPSA) is 12.0 Å². The van der Waals surface area contributed by atoms with E-state index < -0.39 is 0 Å². The smallest absolute Gasteiger partial charge is 0.123 e. The number of hydrogen-bond acceptors (Lipinski definition) is 3. The Morgan fingerprint density at radius 1 is 1.26 bits per heavy atom. The summed E-state index contributed by atoms with van der Waals surface area (Å²) in [6, 6.07) is 11.6. The summed E-state index contributed by atoms with van der Waals surface area (Å²) >= 11 is 3.51. The van der Waals surface area contributed by atoms with Gasteiger partial charge in [-0.25, -0.2) is 4.39 Å². The number of thiophene rings is 2. The second-order valence-electron chi connectivity index (χ2n) is 4.46. The van der Waals surface area contributed by atoms with Gasteiger partial charge in [-0.05, 0) is 48.1 Å². The highest BCUT2D eigenvalue weighted by atomic mass is 32.1. The summed E-state index contributed by atoms with van der Waals surface area (Å²) in [5.74, 6) is -0.170. The molecule has 4 heteroatoms. The van der Waals surface area contributed by atoms with Gasteiger partial charge in [0.05, 0.1) is 0 Å². The highest BCUT2D eigenvalue weighted by Gasteiger charge is 2.14. The summed E-state index contributed by atoms with van der Waals surface area (Å²) in [5.41, 5.74) is 0. The van der Waals surface area contributed by atoms with Crippen molar-refractivity contribution in [1.29, 1.82) is 0 Å². The van der Waals surface area contributed by atoms with Crippen molar-refractivity contribution >= 4 is 32.8 Å². The molecule has 1 N–H and O–H groups in total. The Morgan fingerprint density at radius 3 is 2.89 bits per heavy atom. The molecule has 0 aliphatic heterocycles. The average molecular weight is 291 g/mol. The van der Waals surface area contributed by atoms with Gasteiger partial charge < -0.3 is 5.32 Å². The molecule has 0 bridgehead atoms. The van der Waals surface area contributed by atoms with Crippen LogP contribution in [0.15, 0.2) is 41.8 Å². The van der Waals surface area contributed by atoms with Gasteiger partial charge in [0.15, 0.2) is 0 Å². The van der Waals surface area contributed by atoms with Gasteiger partial charge >= 0.3 is 0 Å². The van der Waals surface area contributed by atoms with E-state index in [4.69, 9.17) is 0 Å². The summed E-state index contributed by atoms with van der Waals surface area (Å²) in [5, 5.41) is 6.45. The fourth-order valence-corrected chi connectivity index (χ4v) is 4.09. The number of benzene rings is 1. The molecule has 0 saturated carbocycles. The number of nitrogens with one attached hydrogen (secondary N) is 1. The summed E-state index contributed by atoms with van der Waals surface area (Å²) in [6.45, 7) is 0. The molecule has 3 aromatic rings. The lowest BCUT2D eigenvalue weighted by Gasteiger charge is -2.12. The van der Waals surface area contributed by atoms with Gasteiger partial charge in [-0.3, -0.25) is 0 Å². The largest absolute Gasteiger partial charge is 0.312 e. The molecule has 0 aliphatic carbocycles. The Kier molecular flexibility index (Phi) is 3.64. The lowest BCUT2D eigenvalue weighted by atomic mass is 10.1. The Labute approximate surface area is 119 Å². The summed E-state index contributed by atoms with van der Waals surface area (Å²) in [6.07, 6.45) is 0.976. The third kappa shape index (κ3) is 2.71. The minimum absolute atomic E-state index is 0.170. The van der Waals surface area contributed by atoms with Crippen LogP contribution in [0.5, 0.6) is 0 Å². The minimum Gasteiger partial charge on any atom is -0.312 e. The van der Waals surface area contributed by atoms with E-state index in [0.717, 1.165) is 16.5 Å². The van der Waals surface area contributed by atoms with Crippen molar-refractivity contribution < 1.29 is 4.39 Å². The van der Waals surface area contributed by atoms with Crippen LogP contribution in [-0.2, 0) is 6.42 Å². The number of fused-ring (bicyclic) bond motifs is 1. The summed E-state index contributed by atoms with van der Waals surface area (Å²) < 4.78 is 14.4. The summed E-state index contributed by atoms with van der Waals surface area (Å²) in [4.78, 5) is 2.62. The van der Waals surface area contributed by atoms with Crippen LogP contribution in [0, 0.1) is 5.82 Å². The highest BCUT2D eigenvalue weighted by Crippen LogP contribution is 2.32. The van der Waals surface area contributed by atoms with E-state index in [1.807, 2.05) is 13.1 Å². The number of likely N-dealkylation sites (N-methyl/N-ethyl adjacent to an activating group) is 1. The third-order valence-electron chi connectivity index (χ3n) is 3.17. The molecule has 0 amide bonds. The quantitative estimate of drug-likeness (QED) is 0.740. The van der Waals surface area contributed by atoms with Gasteiger partial charge in [-0.1, -0.05) is 6.07 Å². The molecule has 3 rings (SSSR count). The second kappa shape index (κ2) is 5.41. The van der Waals surface area contributed by atoms with E-state index in [1.165, 1.54) is 15.8 Å². The molecule has 1 nitrogen and oxygen atoms in total. The van der Waals surface area contributed by atoms with Crippen molar-refractivity contribution in [2.24, 2.45) is 0 Å². The minimum atomic E-state index is -0.170. The number of halogens is 1. The molecule has 0 radical (unpaired) electrons. The van der Waals surface area contributed by atoms with Crippen LogP contribution in [-0.4, -0.2) is 7.05 Å². The molecule has 1 unspecified atom stereocenters. The van der Waals surface area contributed by atoms with Gasteiger partial charge in [0.1, 0.15) is 5.82 Å². The van der Waals surface area contributed by atoms with E-state index in [0.29, 0.717) is 6.04 Å². The Morgan fingerprint density at radius 2 is 2.16 bits per heavy atom. The molecule has 2 aromatic heterocycles. The maximum atomic E-state index is 13.2. The molecule has 0 aliphatic rings. The molecule has 0 saturated heterocycles. The molecule has 19 heavy (non-hydrogen) atoms. The van der Waals surface area contributed by atoms with Gasteiger partial charge in [0, 0.05) is 26.9 Å². The first kappa shape index (κ1) is 12.8. The fraction of sp³-hybridized carbons (Fsp3) is 0.200. The Hall–Kier alpha value is -1.23. The maximum absolute atomic E-state index is 13.2. The SMILES string of the molecule is CNC(Cc1cccs1)c1cc2cc(F)ccc2s1. The van der Waals surface area contributed by atoms with Crippen molar-refractivity contribution in [2.75, 3.05) is 7.05 Å². The van der Waals surface area contributed by atoms with Crippen LogP contribution >= 0.6 is 22.7 Å². The van der Waals surface area contributed by atoms with E-state index in [2.05, 4.69) is 28.9 Å². The molecule has 1 atom stereocenters. The number of rotatable bonds is 4. The predicted octanol–water partition coefficient (Wildman–Crippen LogP) is 4.61. The van der Waals surface area contributed by atoms with Crippen LogP contribution in [0.2, 0.25) is 0 Å². The Bertz CT molecular complexity index is 673. The lowest BCUT2D eigenvalue weighted by Crippen LogP contribution is -2.17. The molecule has 0 fully saturated rings. The molecule has 2 heterocycles. The van der Waals surface area contributed by atoms with E-state index >= 15 is 0 Å². The van der Waals surface area contributed by atoms with Crippen LogP contribution in [0.3, 0.4) is 0 Å². The van der Waals surface area contributed by atoms with Gasteiger partial charge in [0.2, 0.25) is 0 Å². The number of hydrogen-bond donors (Lipinski definition) is 1. The van der Waals surface area contributed by atoms with Crippen molar-refractivity contribution in [1.82, 2.24) is 5.32 Å². The van der Waals surface area contributed by atoms with E-state index in [9.17, 15) is 4.39 Å². The molecule has 0 spiro atoms. The van der Waals surface area contributed by atoms with Crippen molar-refractivity contribution in [2.45, 2.75) is 12.5 Å². The zero-order valence-electron chi connectivity index (χ0n) is 10.5. The van der Waals surface area contributed by atoms with Gasteiger partial charge in [-0.2, -0.15) is 0 Å².